The van der Waals surface area contributed by atoms with Crippen LogP contribution < -0.4 is 10.6 Å². The van der Waals surface area contributed by atoms with Crippen molar-refractivity contribution < 1.29 is 19.2 Å². The molecule has 0 aliphatic carbocycles. The van der Waals surface area contributed by atoms with Crippen LogP contribution in [0.5, 0.6) is 0 Å². The summed E-state index contributed by atoms with van der Waals surface area (Å²) >= 11 is 0. The molecule has 1 aromatic heterocycles. The largest absolute Gasteiger partial charge is 0.355 e. The van der Waals surface area contributed by atoms with Gasteiger partial charge in [-0.1, -0.05) is 93.6 Å². The third-order valence-electron chi connectivity index (χ3n) is 10.4. The number of rotatable bonds is 16. The molecule has 0 unspecified atom stereocenters. The number of carbonyl (C=O) groups excluding carboxylic acids is 4. The average Bonchev–Trinajstić information content (AvgIpc) is 3.86. The Morgan fingerprint density at radius 3 is 2.23 bits per heavy atom. The number of H-pyrrole nitrogens is 1. The van der Waals surface area contributed by atoms with E-state index in [4.69, 9.17) is 0 Å². The summed E-state index contributed by atoms with van der Waals surface area (Å²) in [7, 11) is 2.00. The van der Waals surface area contributed by atoms with E-state index < -0.39 is 12.1 Å². The minimum Gasteiger partial charge on any atom is -0.355 e. The third-order valence-corrected chi connectivity index (χ3v) is 10.4. The molecular formula is C46H54N6O4. The number of likely N-dealkylation sites (N-methyl/N-ethyl adjacent to an activating group) is 1. The van der Waals surface area contributed by atoms with Gasteiger partial charge in [0.2, 0.25) is 23.6 Å². The maximum atomic E-state index is 14.2. The van der Waals surface area contributed by atoms with Crippen molar-refractivity contribution in [3.8, 4) is 11.3 Å². The molecule has 1 aliphatic heterocycles. The second-order valence-electron chi connectivity index (χ2n) is 15.2. The van der Waals surface area contributed by atoms with E-state index in [2.05, 4.69) is 34.4 Å². The topological polar surface area (TPSA) is 118 Å². The Morgan fingerprint density at radius 1 is 0.839 bits per heavy atom. The summed E-state index contributed by atoms with van der Waals surface area (Å²) in [4.78, 5) is 62.8. The molecule has 0 bridgehead atoms. The molecule has 56 heavy (non-hydrogen) atoms. The van der Waals surface area contributed by atoms with Crippen LogP contribution in [0.2, 0.25) is 0 Å². The molecule has 2 heterocycles. The zero-order valence-electron chi connectivity index (χ0n) is 33.0. The van der Waals surface area contributed by atoms with E-state index in [-0.39, 0.29) is 36.6 Å². The van der Waals surface area contributed by atoms with E-state index in [1.165, 1.54) is 0 Å². The number of hydrogen-bond acceptors (Lipinski definition) is 5. The predicted octanol–water partition coefficient (Wildman–Crippen LogP) is 7.90. The Morgan fingerprint density at radius 2 is 1.54 bits per heavy atom. The van der Waals surface area contributed by atoms with Crippen molar-refractivity contribution >= 4 is 45.9 Å². The van der Waals surface area contributed by atoms with Crippen LogP contribution in [-0.2, 0) is 25.6 Å². The van der Waals surface area contributed by atoms with Crippen LogP contribution in [0.1, 0.15) is 63.6 Å². The van der Waals surface area contributed by atoms with Gasteiger partial charge in [-0.15, -0.1) is 0 Å². The maximum absolute atomic E-state index is 14.2. The third kappa shape index (κ3) is 10.1. The first kappa shape index (κ1) is 39.9. The van der Waals surface area contributed by atoms with Crippen molar-refractivity contribution in [1.82, 2.24) is 19.7 Å². The second-order valence-corrected chi connectivity index (χ2v) is 15.2. The second kappa shape index (κ2) is 18.7. The lowest BCUT2D eigenvalue weighted by Gasteiger charge is -2.33. The van der Waals surface area contributed by atoms with Gasteiger partial charge in [0.15, 0.2) is 0 Å². The van der Waals surface area contributed by atoms with Gasteiger partial charge >= 0.3 is 0 Å². The summed E-state index contributed by atoms with van der Waals surface area (Å²) < 4.78 is 0. The van der Waals surface area contributed by atoms with E-state index in [1.54, 1.807) is 9.80 Å². The fourth-order valence-corrected chi connectivity index (χ4v) is 7.41. The fourth-order valence-electron chi connectivity index (χ4n) is 7.41. The van der Waals surface area contributed by atoms with Crippen LogP contribution in [0.25, 0.3) is 22.2 Å². The van der Waals surface area contributed by atoms with Crippen LogP contribution in [0.3, 0.4) is 0 Å². The summed E-state index contributed by atoms with van der Waals surface area (Å²) in [5.74, 6) is -0.0283. The number of aromatic nitrogens is 1. The fraction of sp³-hybridized carbons (Fsp3) is 0.348. The zero-order valence-corrected chi connectivity index (χ0v) is 33.0. The Kier molecular flexibility index (Phi) is 13.4. The van der Waals surface area contributed by atoms with Crippen LogP contribution >= 0.6 is 0 Å². The van der Waals surface area contributed by atoms with Gasteiger partial charge in [-0.05, 0) is 98.3 Å². The van der Waals surface area contributed by atoms with Gasteiger partial charge in [-0.25, -0.2) is 0 Å². The van der Waals surface area contributed by atoms with Crippen LogP contribution in [0, 0.1) is 5.92 Å². The number of aromatic amines is 1. The quantitative estimate of drug-likeness (QED) is 0.0947. The number of hydrogen-bond donors (Lipinski definition) is 3. The summed E-state index contributed by atoms with van der Waals surface area (Å²) in [6.07, 6.45) is 3.38. The molecule has 4 aromatic carbocycles. The maximum Gasteiger partial charge on any atom is 0.247 e. The van der Waals surface area contributed by atoms with Crippen LogP contribution in [0.4, 0.5) is 11.4 Å². The Hall–Kier alpha value is -5.74. The van der Waals surface area contributed by atoms with Gasteiger partial charge in [0.1, 0.15) is 12.1 Å². The molecule has 1 fully saturated rings. The average molecular weight is 755 g/mol. The summed E-state index contributed by atoms with van der Waals surface area (Å²) in [5, 5.41) is 6.96. The summed E-state index contributed by atoms with van der Waals surface area (Å²) in [6.45, 7) is 8.18. The number of anilines is 2. The number of nitrogens with zero attached hydrogens (tertiary/aromatic N) is 3. The zero-order chi connectivity index (χ0) is 39.6. The van der Waals surface area contributed by atoms with E-state index in [1.807, 2.05) is 123 Å². The number of nitrogens with one attached hydrogen (secondary N) is 3. The lowest BCUT2D eigenvalue weighted by atomic mass is 10.0. The van der Waals surface area contributed by atoms with Crippen molar-refractivity contribution in [3.63, 3.8) is 0 Å². The Bertz CT molecular complexity index is 2100. The summed E-state index contributed by atoms with van der Waals surface area (Å²) in [6, 6.07) is 33.8. The molecule has 2 atom stereocenters. The van der Waals surface area contributed by atoms with Gasteiger partial charge < -0.3 is 25.4 Å². The van der Waals surface area contributed by atoms with E-state index in [0.717, 1.165) is 59.1 Å². The molecule has 1 saturated heterocycles. The van der Waals surface area contributed by atoms with Crippen molar-refractivity contribution in [2.75, 3.05) is 43.9 Å². The normalized spacial score (nSPS) is 14.6. The molecule has 10 heteroatoms. The van der Waals surface area contributed by atoms with Crippen LogP contribution in [-0.4, -0.2) is 82.6 Å². The van der Waals surface area contributed by atoms with Gasteiger partial charge in [0.25, 0.3) is 0 Å². The van der Waals surface area contributed by atoms with E-state index >= 15 is 0 Å². The monoisotopic (exact) mass is 754 g/mol. The molecule has 0 saturated carbocycles. The first-order valence-corrected chi connectivity index (χ1v) is 19.8. The lowest BCUT2D eigenvalue weighted by molar-refractivity contribution is -0.141. The van der Waals surface area contributed by atoms with Gasteiger partial charge in [0.05, 0.1) is 13.0 Å². The molecule has 5 aromatic rings. The number of amides is 4. The standard InChI is InChI=1S/C46H54N6O4/c1-5-25-51(43(54)28-33-13-8-6-9-14-33)31-42(53)47-37-20-18-34(19-21-37)40-30-36-29-38(22-23-39(36)49-40)48-45(55)41-17-12-26-52(41)46(56)44(35-15-10-7-11-16-35)50(4)27-24-32(2)3/h6-11,13-16,18-23,29-30,32,41,44,49H,5,12,17,24-28,31H2,1-4H3,(H,47,53)(H,48,55)/t41-,44+/m0/s1. The smallest absolute Gasteiger partial charge is 0.247 e. The first-order chi connectivity index (χ1) is 27.1. The Labute approximate surface area is 330 Å². The molecule has 10 nitrogen and oxygen atoms in total. The number of fused-ring (bicyclic) bond motifs is 1. The molecular weight excluding hydrogens is 701 g/mol. The molecule has 292 valence electrons. The first-order valence-electron chi connectivity index (χ1n) is 19.8. The van der Waals surface area contributed by atoms with Crippen molar-refractivity contribution in [2.45, 2.75) is 65.0 Å². The predicted molar refractivity (Wildman–Crippen MR) is 224 cm³/mol. The van der Waals surface area contributed by atoms with E-state index in [0.29, 0.717) is 36.8 Å². The van der Waals surface area contributed by atoms with Crippen LogP contribution in [0.15, 0.2) is 109 Å². The lowest BCUT2D eigenvalue weighted by Crippen LogP contribution is -2.48. The van der Waals surface area contributed by atoms with Crippen molar-refractivity contribution in [2.24, 2.45) is 5.92 Å². The number of benzene rings is 4. The van der Waals surface area contributed by atoms with Crippen molar-refractivity contribution in [3.05, 3.63) is 120 Å². The minimum absolute atomic E-state index is 0.0127. The van der Waals surface area contributed by atoms with Gasteiger partial charge in [0, 0.05) is 41.1 Å². The SMILES string of the molecule is CCCN(CC(=O)Nc1ccc(-c2cc3cc(NC(=O)[C@@H]4CCCN4C(=O)[C@@H](c4ccccc4)N(C)CCC(C)C)ccc3[nH]2)cc1)C(=O)Cc1ccccc1. The highest BCUT2D eigenvalue weighted by atomic mass is 16.2. The highest BCUT2D eigenvalue weighted by molar-refractivity contribution is 6.00. The number of likely N-dealkylation sites (tertiary alicyclic amines) is 1. The van der Waals surface area contributed by atoms with Gasteiger partial charge in [-0.3, -0.25) is 24.1 Å². The molecule has 3 N–H and O–H groups in total. The minimum atomic E-state index is -0.548. The van der Waals surface area contributed by atoms with Crippen molar-refractivity contribution in [1.29, 1.82) is 0 Å². The van der Waals surface area contributed by atoms with Gasteiger partial charge in [-0.2, -0.15) is 0 Å². The Balaban J connectivity index is 1.08. The number of carbonyl (C=O) groups is 4. The molecule has 6 rings (SSSR count). The van der Waals surface area contributed by atoms with E-state index in [9.17, 15) is 19.2 Å². The molecule has 4 amide bonds. The summed E-state index contributed by atoms with van der Waals surface area (Å²) in [5.41, 5.74) is 5.90. The highest BCUT2D eigenvalue weighted by Crippen LogP contribution is 2.30. The molecule has 1 aliphatic rings. The molecule has 0 spiro atoms. The molecule has 0 radical (unpaired) electrons. The highest BCUT2D eigenvalue weighted by Gasteiger charge is 2.39.